The fourth-order valence-corrected chi connectivity index (χ4v) is 3.34. The minimum Gasteiger partial charge on any atom is -0.353 e. The van der Waals surface area contributed by atoms with Crippen molar-refractivity contribution in [2.24, 2.45) is 17.1 Å². The van der Waals surface area contributed by atoms with E-state index in [1.54, 1.807) is 0 Å². The van der Waals surface area contributed by atoms with Gasteiger partial charge in [-0.2, -0.15) is 0 Å². The lowest BCUT2D eigenvalue weighted by Gasteiger charge is -2.26. The Labute approximate surface area is 125 Å². The maximum Gasteiger partial charge on any atom is 0.221 e. The average Bonchev–Trinajstić information content (AvgIpc) is 2.53. The lowest BCUT2D eigenvalue weighted by Crippen LogP contribution is -2.41. The molecular formula is C17H34N2O. The molecule has 1 fully saturated rings. The maximum absolute atomic E-state index is 12.1. The van der Waals surface area contributed by atoms with E-state index in [1.165, 1.54) is 38.5 Å². The number of nitrogens with one attached hydrogen (secondary N) is 1. The number of carbonyl (C=O) groups excluding carboxylic acids is 1. The first-order chi connectivity index (χ1) is 9.28. The van der Waals surface area contributed by atoms with E-state index in [0.717, 1.165) is 6.42 Å². The van der Waals surface area contributed by atoms with Crippen LogP contribution in [0.25, 0.3) is 0 Å². The molecule has 1 amide bonds. The van der Waals surface area contributed by atoms with Gasteiger partial charge in [-0.05, 0) is 37.5 Å². The molecule has 2 atom stereocenters. The van der Waals surface area contributed by atoms with E-state index in [9.17, 15) is 4.79 Å². The van der Waals surface area contributed by atoms with Gasteiger partial charge in [0.05, 0.1) is 0 Å². The molecule has 1 rings (SSSR count). The van der Waals surface area contributed by atoms with E-state index in [2.05, 4.69) is 33.0 Å². The predicted molar refractivity (Wildman–Crippen MR) is 85.5 cm³/mol. The normalized spacial score (nSPS) is 21.1. The molecule has 0 radical (unpaired) electrons. The molecule has 0 aromatic rings. The van der Waals surface area contributed by atoms with Crippen molar-refractivity contribution in [3.05, 3.63) is 0 Å². The number of hydrogen-bond acceptors (Lipinski definition) is 2. The Hall–Kier alpha value is -0.570. The molecule has 0 aromatic carbocycles. The second kappa shape index (κ2) is 8.02. The smallest absolute Gasteiger partial charge is 0.221 e. The highest BCUT2D eigenvalue weighted by atomic mass is 16.1. The summed E-state index contributed by atoms with van der Waals surface area (Å²) in [6, 6.07) is 0.263. The predicted octanol–water partition coefficient (Wildman–Crippen LogP) is 3.62. The first-order valence-corrected chi connectivity index (χ1v) is 8.33. The minimum absolute atomic E-state index is 0.0312. The van der Waals surface area contributed by atoms with Crippen LogP contribution in [0.5, 0.6) is 0 Å². The number of hydrogen-bond donors (Lipinski definition) is 2. The van der Waals surface area contributed by atoms with Gasteiger partial charge in [-0.25, -0.2) is 0 Å². The molecule has 3 N–H and O–H groups in total. The average molecular weight is 282 g/mol. The second-order valence-corrected chi connectivity index (χ2v) is 7.84. The zero-order valence-corrected chi connectivity index (χ0v) is 13.9. The summed E-state index contributed by atoms with van der Waals surface area (Å²) in [6.07, 6.45) is 9.20. The first-order valence-electron chi connectivity index (χ1n) is 8.33. The third-order valence-corrected chi connectivity index (χ3v) is 4.32. The van der Waals surface area contributed by atoms with Crippen LogP contribution in [0.15, 0.2) is 0 Å². The summed E-state index contributed by atoms with van der Waals surface area (Å²) in [7, 11) is 0. The molecule has 3 nitrogen and oxygen atoms in total. The lowest BCUT2D eigenvalue weighted by atomic mass is 9.87. The molecule has 0 spiro atoms. The van der Waals surface area contributed by atoms with Crippen LogP contribution >= 0.6 is 0 Å². The second-order valence-electron chi connectivity index (χ2n) is 7.84. The van der Waals surface area contributed by atoms with Gasteiger partial charge in [0.25, 0.3) is 0 Å². The van der Waals surface area contributed by atoms with Gasteiger partial charge >= 0.3 is 0 Å². The molecule has 0 aromatic heterocycles. The summed E-state index contributed by atoms with van der Waals surface area (Å²) in [4.78, 5) is 12.1. The van der Waals surface area contributed by atoms with Crippen molar-refractivity contribution < 1.29 is 4.79 Å². The highest BCUT2D eigenvalue weighted by Gasteiger charge is 2.22. The van der Waals surface area contributed by atoms with Crippen LogP contribution in [-0.2, 0) is 4.79 Å². The molecular weight excluding hydrogens is 248 g/mol. The van der Waals surface area contributed by atoms with Crippen molar-refractivity contribution in [3.8, 4) is 0 Å². The van der Waals surface area contributed by atoms with Crippen molar-refractivity contribution in [1.82, 2.24) is 5.32 Å². The van der Waals surface area contributed by atoms with Gasteiger partial charge in [0.1, 0.15) is 0 Å². The Morgan fingerprint density at radius 3 is 2.25 bits per heavy atom. The molecule has 0 aliphatic heterocycles. The number of carbonyl (C=O) groups is 1. The van der Waals surface area contributed by atoms with Crippen molar-refractivity contribution >= 4 is 5.91 Å². The topological polar surface area (TPSA) is 55.1 Å². The van der Waals surface area contributed by atoms with E-state index in [1.807, 2.05) is 0 Å². The van der Waals surface area contributed by atoms with Gasteiger partial charge in [0.2, 0.25) is 5.91 Å². The number of amides is 1. The van der Waals surface area contributed by atoms with Crippen molar-refractivity contribution in [1.29, 1.82) is 0 Å². The molecule has 1 saturated carbocycles. The van der Waals surface area contributed by atoms with Crippen LogP contribution in [0.2, 0.25) is 0 Å². The Kier molecular flexibility index (Phi) is 7.01. The minimum atomic E-state index is -0.0312. The van der Waals surface area contributed by atoms with E-state index < -0.39 is 0 Å². The molecule has 1 unspecified atom stereocenters. The summed E-state index contributed by atoms with van der Waals surface area (Å²) in [5, 5.41) is 3.18. The Morgan fingerprint density at radius 2 is 1.75 bits per heavy atom. The molecule has 20 heavy (non-hydrogen) atoms. The van der Waals surface area contributed by atoms with Gasteiger partial charge in [0, 0.05) is 18.5 Å². The van der Waals surface area contributed by atoms with Crippen LogP contribution in [0.4, 0.5) is 0 Å². The van der Waals surface area contributed by atoms with Crippen LogP contribution in [0, 0.1) is 11.3 Å². The summed E-state index contributed by atoms with van der Waals surface area (Å²) in [5.41, 5.74) is 6.27. The third kappa shape index (κ3) is 7.28. The Bertz CT molecular complexity index is 288. The van der Waals surface area contributed by atoms with Crippen LogP contribution < -0.4 is 11.1 Å². The summed E-state index contributed by atoms with van der Waals surface area (Å²) < 4.78 is 0. The molecule has 0 bridgehead atoms. The molecule has 3 heteroatoms. The summed E-state index contributed by atoms with van der Waals surface area (Å²) >= 11 is 0. The van der Waals surface area contributed by atoms with Crippen LogP contribution in [0.1, 0.15) is 79.1 Å². The van der Waals surface area contributed by atoms with Gasteiger partial charge in [0.15, 0.2) is 0 Å². The number of nitrogens with two attached hydrogens (primary N) is 1. The highest BCUT2D eigenvalue weighted by Crippen LogP contribution is 2.25. The van der Waals surface area contributed by atoms with Crippen LogP contribution in [-0.4, -0.2) is 18.0 Å². The van der Waals surface area contributed by atoms with E-state index >= 15 is 0 Å². The molecule has 118 valence electrons. The van der Waals surface area contributed by atoms with Crippen molar-refractivity contribution in [2.45, 2.75) is 91.1 Å². The molecule has 1 aliphatic rings. The summed E-state index contributed by atoms with van der Waals surface area (Å²) in [5.74, 6) is 0.777. The zero-order valence-electron chi connectivity index (χ0n) is 13.9. The van der Waals surface area contributed by atoms with E-state index in [0.29, 0.717) is 18.4 Å². The lowest BCUT2D eigenvalue weighted by molar-refractivity contribution is -0.122. The number of rotatable bonds is 5. The van der Waals surface area contributed by atoms with Gasteiger partial charge in [-0.15, -0.1) is 0 Å². The monoisotopic (exact) mass is 282 g/mol. The highest BCUT2D eigenvalue weighted by molar-refractivity contribution is 5.76. The SMILES string of the molecule is C[C@@H](NC(=O)CC(N)CC(C)(C)C)C1CCCCCC1. The van der Waals surface area contributed by atoms with Crippen molar-refractivity contribution in [2.75, 3.05) is 0 Å². The van der Waals surface area contributed by atoms with Crippen LogP contribution in [0.3, 0.4) is 0 Å². The Balaban J connectivity index is 2.33. The summed E-state index contributed by atoms with van der Waals surface area (Å²) in [6.45, 7) is 8.65. The van der Waals surface area contributed by atoms with Gasteiger partial charge in [-0.3, -0.25) is 4.79 Å². The maximum atomic E-state index is 12.1. The Morgan fingerprint density at radius 1 is 1.20 bits per heavy atom. The zero-order chi connectivity index (χ0) is 15.2. The fourth-order valence-electron chi connectivity index (χ4n) is 3.34. The molecule has 0 heterocycles. The van der Waals surface area contributed by atoms with E-state index in [-0.39, 0.29) is 17.4 Å². The van der Waals surface area contributed by atoms with E-state index in [4.69, 9.17) is 5.73 Å². The quantitative estimate of drug-likeness (QED) is 0.757. The molecule has 1 aliphatic carbocycles. The first kappa shape index (κ1) is 17.5. The third-order valence-electron chi connectivity index (χ3n) is 4.32. The molecule has 0 saturated heterocycles. The largest absolute Gasteiger partial charge is 0.353 e. The standard InChI is InChI=1S/C17H34N2O/c1-13(14-9-7-5-6-8-10-14)19-16(20)11-15(18)12-17(2,3)4/h13-15H,5-12,18H2,1-4H3,(H,19,20)/t13-,15?/m1/s1. The fraction of sp³-hybridized carbons (Fsp3) is 0.941. The van der Waals surface area contributed by atoms with Gasteiger partial charge in [-0.1, -0.05) is 46.5 Å². The van der Waals surface area contributed by atoms with Gasteiger partial charge < -0.3 is 11.1 Å². The van der Waals surface area contributed by atoms with Crippen molar-refractivity contribution in [3.63, 3.8) is 0 Å².